The first-order valence-electron chi connectivity index (χ1n) is 6.70. The van der Waals surface area contributed by atoms with Crippen molar-refractivity contribution in [1.29, 1.82) is 0 Å². The molecule has 2 rings (SSSR count). The van der Waals surface area contributed by atoms with Crippen LogP contribution in [0.25, 0.3) is 0 Å². The molecule has 19 heavy (non-hydrogen) atoms. The van der Waals surface area contributed by atoms with Crippen LogP contribution in [0.5, 0.6) is 0 Å². The summed E-state index contributed by atoms with van der Waals surface area (Å²) in [4.78, 5) is 15.3. The van der Waals surface area contributed by atoms with Crippen LogP contribution in [0.15, 0.2) is 0 Å². The van der Waals surface area contributed by atoms with E-state index in [9.17, 15) is 13.2 Å². The van der Waals surface area contributed by atoms with Crippen molar-refractivity contribution < 1.29 is 13.2 Å². The van der Waals surface area contributed by atoms with Gasteiger partial charge < -0.3 is 9.80 Å². The smallest absolute Gasteiger partial charge is 0.319 e. The molecule has 0 radical (unpaired) electrons. The second-order valence-electron chi connectivity index (χ2n) is 5.83. The Labute approximate surface area is 115 Å². The average molecular weight is 289 g/mol. The minimum absolute atomic E-state index is 0.0127. The van der Waals surface area contributed by atoms with Gasteiger partial charge in [0.1, 0.15) is 0 Å². The standard InChI is InChI=1S/C12H23N3O3S/c1-13(2)11(16)14-9-6-12(7-10-14)5-4-8-15(12)19(3,17)18/h4-10H2,1-3H3. The van der Waals surface area contributed by atoms with Gasteiger partial charge in [0.05, 0.1) is 6.26 Å². The first kappa shape index (κ1) is 14.6. The quantitative estimate of drug-likeness (QED) is 0.708. The van der Waals surface area contributed by atoms with Gasteiger partial charge in [0.2, 0.25) is 10.0 Å². The zero-order chi connectivity index (χ0) is 14.3. The second kappa shape index (κ2) is 4.94. The number of urea groups is 1. The van der Waals surface area contributed by atoms with Gasteiger partial charge in [0.25, 0.3) is 0 Å². The van der Waals surface area contributed by atoms with Gasteiger partial charge in [-0.1, -0.05) is 0 Å². The molecule has 7 heteroatoms. The number of nitrogens with zero attached hydrogens (tertiary/aromatic N) is 3. The lowest BCUT2D eigenvalue weighted by atomic mass is 9.86. The van der Waals surface area contributed by atoms with Crippen molar-refractivity contribution in [2.45, 2.75) is 31.2 Å². The Hall–Kier alpha value is -0.820. The summed E-state index contributed by atoms with van der Waals surface area (Å²) < 4.78 is 25.4. The van der Waals surface area contributed by atoms with Gasteiger partial charge in [-0.3, -0.25) is 0 Å². The number of rotatable bonds is 1. The van der Waals surface area contributed by atoms with E-state index in [0.29, 0.717) is 19.6 Å². The van der Waals surface area contributed by atoms with Crippen LogP contribution in [-0.2, 0) is 10.0 Å². The lowest BCUT2D eigenvalue weighted by molar-refractivity contribution is 0.103. The largest absolute Gasteiger partial charge is 0.331 e. The first-order valence-corrected chi connectivity index (χ1v) is 8.55. The molecule has 2 aliphatic heterocycles. The number of amides is 2. The molecule has 0 aliphatic carbocycles. The third kappa shape index (κ3) is 2.72. The summed E-state index contributed by atoms with van der Waals surface area (Å²) in [6, 6.07) is 0.0127. The van der Waals surface area contributed by atoms with Gasteiger partial charge in [-0.05, 0) is 25.7 Å². The summed E-state index contributed by atoms with van der Waals surface area (Å²) in [7, 11) is 0.337. The Morgan fingerprint density at radius 2 is 1.68 bits per heavy atom. The molecule has 2 heterocycles. The number of hydrogen-bond acceptors (Lipinski definition) is 3. The van der Waals surface area contributed by atoms with Crippen LogP contribution in [0.1, 0.15) is 25.7 Å². The molecule has 6 nitrogen and oxygen atoms in total. The Kier molecular flexibility index (Phi) is 3.79. The third-order valence-corrected chi connectivity index (χ3v) is 5.65. The molecule has 0 bridgehead atoms. The van der Waals surface area contributed by atoms with Gasteiger partial charge in [0, 0.05) is 39.3 Å². The van der Waals surface area contributed by atoms with Crippen LogP contribution < -0.4 is 0 Å². The maximum absolute atomic E-state index is 11.9. The molecule has 2 saturated heterocycles. The minimum atomic E-state index is -3.15. The number of hydrogen-bond donors (Lipinski definition) is 0. The molecule has 0 unspecified atom stereocenters. The molecular weight excluding hydrogens is 266 g/mol. The van der Waals surface area contributed by atoms with Gasteiger partial charge in [-0.25, -0.2) is 13.2 Å². The van der Waals surface area contributed by atoms with Crippen molar-refractivity contribution in [3.63, 3.8) is 0 Å². The fraction of sp³-hybridized carbons (Fsp3) is 0.917. The molecule has 0 aromatic rings. The van der Waals surface area contributed by atoms with Crippen LogP contribution in [-0.4, -0.2) is 74.1 Å². The van der Waals surface area contributed by atoms with E-state index in [0.717, 1.165) is 25.7 Å². The normalized spacial score (nSPS) is 23.8. The summed E-state index contributed by atoms with van der Waals surface area (Å²) in [5.41, 5.74) is -0.239. The maximum Gasteiger partial charge on any atom is 0.319 e. The summed E-state index contributed by atoms with van der Waals surface area (Å²) in [6.45, 7) is 1.91. The van der Waals surface area contributed by atoms with Crippen LogP contribution in [0.3, 0.4) is 0 Å². The molecule has 2 aliphatic rings. The molecule has 0 aromatic heterocycles. The van der Waals surface area contributed by atoms with Gasteiger partial charge >= 0.3 is 6.03 Å². The van der Waals surface area contributed by atoms with Crippen LogP contribution >= 0.6 is 0 Å². The zero-order valence-corrected chi connectivity index (χ0v) is 12.7. The van der Waals surface area contributed by atoms with Gasteiger partial charge in [0.15, 0.2) is 0 Å². The average Bonchev–Trinajstić information content (AvgIpc) is 2.72. The monoisotopic (exact) mass is 289 g/mol. The molecule has 0 N–H and O–H groups in total. The van der Waals surface area contributed by atoms with Crippen molar-refractivity contribution in [1.82, 2.24) is 14.1 Å². The summed E-state index contributed by atoms with van der Waals surface area (Å²) in [6.07, 6.45) is 4.63. The molecule has 2 amide bonds. The SMILES string of the molecule is CN(C)C(=O)N1CCC2(CCCN2S(C)(=O)=O)CC1. The van der Waals surface area contributed by atoms with Gasteiger partial charge in [-0.15, -0.1) is 0 Å². The Bertz CT molecular complexity index is 453. The minimum Gasteiger partial charge on any atom is -0.331 e. The van der Waals surface area contributed by atoms with E-state index in [2.05, 4.69) is 0 Å². The highest BCUT2D eigenvalue weighted by Gasteiger charge is 2.47. The van der Waals surface area contributed by atoms with E-state index >= 15 is 0 Å². The van der Waals surface area contributed by atoms with Crippen molar-refractivity contribution in [3.8, 4) is 0 Å². The maximum atomic E-state index is 11.9. The molecule has 0 aromatic carbocycles. The highest BCUT2D eigenvalue weighted by molar-refractivity contribution is 7.88. The number of piperidine rings is 1. The molecular formula is C12H23N3O3S. The summed E-state index contributed by atoms with van der Waals surface area (Å²) in [5, 5.41) is 0. The van der Waals surface area contributed by atoms with Crippen LogP contribution in [0.4, 0.5) is 4.79 Å². The first-order chi connectivity index (χ1) is 8.76. The Morgan fingerprint density at radius 3 is 2.16 bits per heavy atom. The second-order valence-corrected chi connectivity index (χ2v) is 7.73. The van der Waals surface area contributed by atoms with Crippen LogP contribution in [0, 0.1) is 0 Å². The highest BCUT2D eigenvalue weighted by atomic mass is 32.2. The molecule has 0 saturated carbocycles. The number of likely N-dealkylation sites (tertiary alicyclic amines) is 1. The fourth-order valence-corrected chi connectivity index (χ4v) is 4.77. The van der Waals surface area contributed by atoms with E-state index in [1.54, 1.807) is 23.3 Å². The molecule has 2 fully saturated rings. The zero-order valence-electron chi connectivity index (χ0n) is 11.9. The topological polar surface area (TPSA) is 60.9 Å². The fourth-order valence-electron chi connectivity index (χ4n) is 3.33. The van der Waals surface area contributed by atoms with E-state index in [4.69, 9.17) is 0 Å². The lowest BCUT2D eigenvalue weighted by Crippen LogP contribution is -2.55. The number of sulfonamides is 1. The predicted octanol–water partition coefficient (Wildman–Crippen LogP) is 0.558. The molecule has 0 atom stereocenters. The molecule has 1 spiro atoms. The third-order valence-electron chi connectivity index (χ3n) is 4.28. The van der Waals surface area contributed by atoms with Crippen molar-refractivity contribution in [2.75, 3.05) is 40.0 Å². The highest BCUT2D eigenvalue weighted by Crippen LogP contribution is 2.39. The van der Waals surface area contributed by atoms with E-state index in [1.165, 1.54) is 6.26 Å². The molecule has 110 valence electrons. The van der Waals surface area contributed by atoms with E-state index in [1.807, 2.05) is 4.90 Å². The summed E-state index contributed by atoms with van der Waals surface area (Å²) >= 11 is 0. The van der Waals surface area contributed by atoms with E-state index in [-0.39, 0.29) is 11.6 Å². The van der Waals surface area contributed by atoms with Crippen LogP contribution in [0.2, 0.25) is 0 Å². The number of carbonyl (C=O) groups excluding carboxylic acids is 1. The lowest BCUT2D eigenvalue weighted by Gasteiger charge is -2.44. The Morgan fingerprint density at radius 1 is 1.11 bits per heavy atom. The summed E-state index contributed by atoms with van der Waals surface area (Å²) in [5.74, 6) is 0. The van der Waals surface area contributed by atoms with Gasteiger partial charge in [-0.2, -0.15) is 4.31 Å². The Balaban J connectivity index is 2.08. The van der Waals surface area contributed by atoms with Crippen molar-refractivity contribution in [2.24, 2.45) is 0 Å². The van der Waals surface area contributed by atoms with E-state index < -0.39 is 10.0 Å². The van der Waals surface area contributed by atoms with Crippen molar-refractivity contribution >= 4 is 16.1 Å². The van der Waals surface area contributed by atoms with Crippen molar-refractivity contribution in [3.05, 3.63) is 0 Å². The number of carbonyl (C=O) groups is 1. The predicted molar refractivity (Wildman–Crippen MR) is 73.4 cm³/mol.